The van der Waals surface area contributed by atoms with Crippen molar-refractivity contribution in [3.05, 3.63) is 47.5 Å². The lowest BCUT2D eigenvalue weighted by Crippen LogP contribution is -2.02. The summed E-state index contributed by atoms with van der Waals surface area (Å²) in [5, 5.41) is 0. The van der Waals surface area contributed by atoms with Crippen LogP contribution in [0.2, 0.25) is 0 Å². The first-order valence-corrected chi connectivity index (χ1v) is 9.37. The van der Waals surface area contributed by atoms with Gasteiger partial charge in [-0.15, -0.1) is 0 Å². The monoisotopic (exact) mass is 368 g/mol. The minimum Gasteiger partial charge on any atom is -0.496 e. The highest BCUT2D eigenvalue weighted by Crippen LogP contribution is 2.49. The van der Waals surface area contributed by atoms with Crippen LogP contribution >= 0.6 is 0 Å². The van der Waals surface area contributed by atoms with Crippen molar-refractivity contribution in [2.24, 2.45) is 0 Å². The maximum Gasteiger partial charge on any atom is 0.204 e. The smallest absolute Gasteiger partial charge is 0.204 e. The zero-order valence-electron chi connectivity index (χ0n) is 16.6. The summed E-state index contributed by atoms with van der Waals surface area (Å²) >= 11 is 0. The largest absolute Gasteiger partial charge is 0.496 e. The van der Waals surface area contributed by atoms with Crippen molar-refractivity contribution in [3.63, 3.8) is 0 Å². The van der Waals surface area contributed by atoms with Crippen LogP contribution < -0.4 is 18.9 Å². The molecule has 0 saturated heterocycles. The molecule has 0 N–H and O–H groups in total. The van der Waals surface area contributed by atoms with E-state index in [2.05, 4.69) is 30.4 Å². The van der Waals surface area contributed by atoms with E-state index in [1.165, 1.54) is 5.56 Å². The number of ether oxygens (including phenoxy) is 4. The molecule has 0 saturated carbocycles. The van der Waals surface area contributed by atoms with Crippen molar-refractivity contribution in [2.75, 3.05) is 28.4 Å². The first-order chi connectivity index (χ1) is 13.2. The topological polar surface area (TPSA) is 36.9 Å². The first-order valence-electron chi connectivity index (χ1n) is 9.37. The normalized spacial score (nSPS) is 13.8. The van der Waals surface area contributed by atoms with Crippen molar-refractivity contribution >= 4 is 0 Å². The van der Waals surface area contributed by atoms with Crippen LogP contribution in [0.25, 0.3) is 11.1 Å². The molecule has 144 valence electrons. The Labute approximate surface area is 161 Å². The molecule has 1 aliphatic carbocycles. The molecule has 0 amide bonds. The van der Waals surface area contributed by atoms with Crippen LogP contribution in [0.15, 0.2) is 36.4 Å². The highest BCUT2D eigenvalue weighted by Gasteiger charge is 2.23. The predicted octanol–water partition coefficient (Wildman–Crippen LogP) is 5.21. The lowest BCUT2D eigenvalue weighted by molar-refractivity contribution is 0.322. The van der Waals surface area contributed by atoms with E-state index in [0.29, 0.717) is 11.5 Å². The van der Waals surface area contributed by atoms with Crippen LogP contribution in [-0.4, -0.2) is 28.4 Å². The summed E-state index contributed by atoms with van der Waals surface area (Å²) in [5.41, 5.74) is 4.37. The number of aryl methyl sites for hydroxylation is 2. The van der Waals surface area contributed by atoms with Crippen LogP contribution in [0.4, 0.5) is 0 Å². The maximum atomic E-state index is 5.76. The van der Waals surface area contributed by atoms with Crippen LogP contribution in [0.1, 0.15) is 30.4 Å². The fraction of sp³-hybridized carbons (Fsp3) is 0.391. The van der Waals surface area contributed by atoms with Crippen LogP contribution in [-0.2, 0) is 12.8 Å². The minimum absolute atomic E-state index is 0.630. The molecule has 0 spiro atoms. The zero-order valence-corrected chi connectivity index (χ0v) is 16.6. The van der Waals surface area contributed by atoms with Crippen LogP contribution in [0.3, 0.4) is 0 Å². The van der Waals surface area contributed by atoms with Gasteiger partial charge in [0.2, 0.25) is 5.75 Å². The Hall–Kier alpha value is -2.62. The zero-order chi connectivity index (χ0) is 19.2. The molecule has 0 fully saturated rings. The quantitative estimate of drug-likeness (QED) is 0.694. The van der Waals surface area contributed by atoms with Gasteiger partial charge in [0.1, 0.15) is 5.75 Å². The summed E-state index contributed by atoms with van der Waals surface area (Å²) in [4.78, 5) is 0. The van der Waals surface area contributed by atoms with Gasteiger partial charge in [-0.25, -0.2) is 0 Å². The molecule has 0 aliphatic heterocycles. The Morgan fingerprint density at radius 3 is 2.11 bits per heavy atom. The van der Waals surface area contributed by atoms with E-state index in [1.54, 1.807) is 28.4 Å². The van der Waals surface area contributed by atoms with E-state index in [-0.39, 0.29) is 0 Å². The number of fused-ring (bicyclic) bond motifs is 5. The second-order valence-electron chi connectivity index (χ2n) is 6.62. The Kier molecular flexibility index (Phi) is 6.28. The lowest BCUT2D eigenvalue weighted by atomic mass is 9.95. The second kappa shape index (κ2) is 8.85. The molecular weight excluding hydrogens is 340 g/mol. The molecule has 4 heteroatoms. The fourth-order valence-electron chi connectivity index (χ4n) is 3.69. The second-order valence-corrected chi connectivity index (χ2v) is 6.62. The van der Waals surface area contributed by atoms with E-state index in [9.17, 15) is 0 Å². The molecule has 0 atom stereocenters. The van der Waals surface area contributed by atoms with E-state index in [1.807, 2.05) is 6.07 Å². The van der Waals surface area contributed by atoms with E-state index < -0.39 is 0 Å². The standard InChI is InChI=1S/C23H28O4/c1-24-20-13-12-16-10-8-6-5-7-9-11-17-15-19(18(20)14-16)22(26-3)23(27-4)21(17)25-2/h5-6,12-15H,7-11H2,1-4H3. The third-order valence-corrected chi connectivity index (χ3v) is 5.02. The Balaban J connectivity index is 2.30. The summed E-state index contributed by atoms with van der Waals surface area (Å²) in [6.07, 6.45) is 9.59. The van der Waals surface area contributed by atoms with Gasteiger partial charge in [-0.1, -0.05) is 18.2 Å². The fourth-order valence-corrected chi connectivity index (χ4v) is 3.69. The van der Waals surface area contributed by atoms with Gasteiger partial charge in [0.05, 0.1) is 28.4 Å². The van der Waals surface area contributed by atoms with Gasteiger partial charge < -0.3 is 18.9 Å². The molecule has 0 unspecified atom stereocenters. The molecule has 2 aromatic carbocycles. The molecule has 27 heavy (non-hydrogen) atoms. The third kappa shape index (κ3) is 3.90. The molecule has 4 nitrogen and oxygen atoms in total. The summed E-state index contributed by atoms with van der Waals surface area (Å²) in [7, 11) is 6.69. The number of hydrogen-bond acceptors (Lipinski definition) is 4. The van der Waals surface area contributed by atoms with Gasteiger partial charge in [0.25, 0.3) is 0 Å². The van der Waals surface area contributed by atoms with Gasteiger partial charge in [-0.05, 0) is 61.4 Å². The van der Waals surface area contributed by atoms with E-state index in [4.69, 9.17) is 18.9 Å². The molecule has 4 bridgehead atoms. The summed E-state index contributed by atoms with van der Waals surface area (Å²) in [5.74, 6) is 2.86. The molecule has 3 rings (SSSR count). The van der Waals surface area contributed by atoms with Gasteiger partial charge >= 0.3 is 0 Å². The van der Waals surface area contributed by atoms with E-state index >= 15 is 0 Å². The SMILES string of the molecule is COc1ccc2cc1-c1cc(c(OC)c(OC)c1OC)CCCC=CCC2. The average Bonchev–Trinajstić information content (AvgIpc) is 2.71. The Morgan fingerprint density at radius 1 is 0.667 bits per heavy atom. The summed E-state index contributed by atoms with van der Waals surface area (Å²) < 4.78 is 22.8. The third-order valence-electron chi connectivity index (χ3n) is 5.02. The molecule has 1 aliphatic rings. The average molecular weight is 368 g/mol. The van der Waals surface area contributed by atoms with Crippen molar-refractivity contribution in [3.8, 4) is 34.1 Å². The number of hydrogen-bond donors (Lipinski definition) is 0. The summed E-state index contributed by atoms with van der Waals surface area (Å²) in [6.45, 7) is 0. The molecular formula is C23H28O4. The number of rotatable bonds is 4. The highest BCUT2D eigenvalue weighted by atomic mass is 16.5. The van der Waals surface area contributed by atoms with Gasteiger partial charge in [0.15, 0.2) is 11.5 Å². The highest BCUT2D eigenvalue weighted by molar-refractivity contribution is 5.82. The van der Waals surface area contributed by atoms with E-state index in [0.717, 1.165) is 60.3 Å². The maximum absolute atomic E-state index is 5.76. The Morgan fingerprint density at radius 2 is 1.41 bits per heavy atom. The van der Waals surface area contributed by atoms with Crippen molar-refractivity contribution in [1.29, 1.82) is 0 Å². The Bertz CT molecular complexity index is 824. The van der Waals surface area contributed by atoms with Crippen molar-refractivity contribution in [2.45, 2.75) is 32.1 Å². The summed E-state index contributed by atoms with van der Waals surface area (Å²) in [6, 6.07) is 8.51. The van der Waals surface area contributed by atoms with Crippen LogP contribution in [0, 0.1) is 0 Å². The number of benzene rings is 2. The predicted molar refractivity (Wildman–Crippen MR) is 108 cm³/mol. The molecule has 0 aromatic heterocycles. The van der Waals surface area contributed by atoms with Crippen LogP contribution in [0.5, 0.6) is 23.0 Å². The van der Waals surface area contributed by atoms with Gasteiger partial charge in [0, 0.05) is 11.1 Å². The molecule has 2 aromatic rings. The number of allylic oxidation sites excluding steroid dienone is 2. The lowest BCUT2D eigenvalue weighted by Gasteiger charge is -2.21. The van der Waals surface area contributed by atoms with Crippen molar-refractivity contribution < 1.29 is 18.9 Å². The molecule has 0 radical (unpaired) electrons. The first kappa shape index (κ1) is 19.2. The molecule has 0 heterocycles. The van der Waals surface area contributed by atoms with Gasteiger partial charge in [-0.3, -0.25) is 0 Å². The minimum atomic E-state index is 0.630. The van der Waals surface area contributed by atoms with Gasteiger partial charge in [-0.2, -0.15) is 0 Å². The van der Waals surface area contributed by atoms with Crippen molar-refractivity contribution in [1.82, 2.24) is 0 Å². The number of methoxy groups -OCH3 is 4.